The van der Waals surface area contributed by atoms with Gasteiger partial charge in [-0.2, -0.15) is 0 Å². The van der Waals surface area contributed by atoms with Crippen molar-refractivity contribution in [1.29, 1.82) is 0 Å². The molecule has 0 saturated heterocycles. The second kappa shape index (κ2) is 9.95. The Kier molecular flexibility index (Phi) is 7.36. The minimum Gasteiger partial charge on any atom is -0.486 e. The molecule has 1 N–H and O–H groups in total. The molecule has 1 heterocycles. The highest BCUT2D eigenvalue weighted by atomic mass is 79.9. The first-order valence-corrected chi connectivity index (χ1v) is 10.6. The topological polar surface area (TPSA) is 71.1 Å². The maximum absolute atomic E-state index is 12.4. The molecule has 0 bridgehead atoms. The highest BCUT2D eigenvalue weighted by molar-refractivity contribution is 9.10. The quantitative estimate of drug-likeness (QED) is 0.478. The maximum atomic E-state index is 12.4. The highest BCUT2D eigenvalue weighted by Crippen LogP contribution is 2.19. The van der Waals surface area contributed by atoms with Gasteiger partial charge in [0.2, 0.25) is 11.1 Å². The molecule has 2 aromatic carbocycles. The summed E-state index contributed by atoms with van der Waals surface area (Å²) in [5.41, 5.74) is 1.06. The van der Waals surface area contributed by atoms with Gasteiger partial charge in [0.15, 0.2) is 5.82 Å². The highest BCUT2D eigenvalue weighted by Gasteiger charge is 2.13. The molecule has 0 radical (unpaired) electrons. The summed E-state index contributed by atoms with van der Waals surface area (Å²) in [5, 5.41) is 8.11. The van der Waals surface area contributed by atoms with Crippen LogP contribution in [0.4, 0.5) is 0 Å². The molecule has 0 fully saturated rings. The summed E-state index contributed by atoms with van der Waals surface area (Å²) in [6, 6.07) is 14.9. The Hall–Kier alpha value is -2.03. The van der Waals surface area contributed by atoms with E-state index in [0.717, 1.165) is 10.0 Å². The average molecular weight is 482 g/mol. The molecule has 3 aromatic rings. The normalized spacial score (nSPS) is 10.7. The van der Waals surface area contributed by atoms with Crippen molar-refractivity contribution >= 4 is 45.2 Å². The predicted molar refractivity (Wildman–Crippen MR) is 114 cm³/mol. The molecule has 0 spiro atoms. The predicted octanol–water partition coefficient (Wildman–Crippen LogP) is 4.55. The number of hydrogen-bond donors (Lipinski definition) is 1. The molecule has 9 heteroatoms. The maximum Gasteiger partial charge on any atom is 0.233 e. The number of nitrogens with one attached hydrogen (secondary N) is 1. The van der Waals surface area contributed by atoms with E-state index in [1.54, 1.807) is 36.2 Å². The summed E-state index contributed by atoms with van der Waals surface area (Å²) in [7, 11) is 1.78. The van der Waals surface area contributed by atoms with E-state index in [1.165, 1.54) is 11.8 Å². The van der Waals surface area contributed by atoms with Crippen LogP contribution in [-0.4, -0.2) is 38.8 Å². The minimum absolute atomic E-state index is 0.00418. The molecule has 0 aliphatic carbocycles. The van der Waals surface area contributed by atoms with Crippen LogP contribution in [0.3, 0.4) is 0 Å². The van der Waals surface area contributed by atoms with Gasteiger partial charge in [-0.1, -0.05) is 57.5 Å². The van der Waals surface area contributed by atoms with Gasteiger partial charge in [0.25, 0.3) is 0 Å². The van der Waals surface area contributed by atoms with Crippen LogP contribution in [0.2, 0.25) is 5.02 Å². The van der Waals surface area contributed by atoms with Gasteiger partial charge >= 0.3 is 0 Å². The van der Waals surface area contributed by atoms with E-state index in [2.05, 4.69) is 31.1 Å². The third kappa shape index (κ3) is 5.98. The Balaban J connectivity index is 1.46. The Labute approximate surface area is 180 Å². The molecule has 146 valence electrons. The third-order valence-corrected chi connectivity index (χ3v) is 5.67. The zero-order valence-electron chi connectivity index (χ0n) is 15.1. The van der Waals surface area contributed by atoms with Gasteiger partial charge in [-0.3, -0.25) is 9.89 Å². The van der Waals surface area contributed by atoms with Crippen LogP contribution in [0.25, 0.3) is 0 Å². The van der Waals surface area contributed by atoms with Gasteiger partial charge in [-0.05, 0) is 35.9 Å². The summed E-state index contributed by atoms with van der Waals surface area (Å²) < 4.78 is 6.61. The number of carbonyl (C=O) groups excluding carboxylic acids is 1. The fraction of sp³-hybridized carbons (Fsp3) is 0.211. The Bertz CT molecular complexity index is 936. The molecule has 1 aromatic heterocycles. The Morgan fingerprint density at radius 2 is 2.00 bits per heavy atom. The fourth-order valence-electron chi connectivity index (χ4n) is 2.30. The van der Waals surface area contributed by atoms with Gasteiger partial charge in [0.1, 0.15) is 12.4 Å². The molecular weight excluding hydrogens is 464 g/mol. The van der Waals surface area contributed by atoms with Crippen molar-refractivity contribution < 1.29 is 9.53 Å². The number of aromatic amines is 1. The van der Waals surface area contributed by atoms with Crippen molar-refractivity contribution in [2.75, 3.05) is 12.8 Å². The lowest BCUT2D eigenvalue weighted by Gasteiger charge is -2.17. The van der Waals surface area contributed by atoms with Crippen molar-refractivity contribution in [3.05, 3.63) is 69.4 Å². The largest absolute Gasteiger partial charge is 0.486 e. The van der Waals surface area contributed by atoms with Crippen LogP contribution in [0.15, 0.2) is 58.2 Å². The smallest absolute Gasteiger partial charge is 0.233 e. The van der Waals surface area contributed by atoms with Crippen molar-refractivity contribution in [3.8, 4) is 5.75 Å². The zero-order chi connectivity index (χ0) is 19.9. The van der Waals surface area contributed by atoms with E-state index < -0.39 is 0 Å². The summed E-state index contributed by atoms with van der Waals surface area (Å²) >= 11 is 10.6. The van der Waals surface area contributed by atoms with Crippen LogP contribution in [0, 0.1) is 0 Å². The fourth-order valence-corrected chi connectivity index (χ4v) is 3.59. The molecule has 0 saturated carbocycles. The molecule has 1 amide bonds. The van der Waals surface area contributed by atoms with E-state index in [9.17, 15) is 4.79 Å². The molecule has 0 aliphatic rings. The Morgan fingerprint density at radius 1 is 1.25 bits per heavy atom. The second-order valence-corrected chi connectivity index (χ2v) is 8.17. The zero-order valence-corrected chi connectivity index (χ0v) is 18.2. The minimum atomic E-state index is 0.00418. The summed E-state index contributed by atoms with van der Waals surface area (Å²) in [6.45, 7) is 0.792. The van der Waals surface area contributed by atoms with Crippen LogP contribution in [0.5, 0.6) is 5.75 Å². The summed E-state index contributed by atoms with van der Waals surface area (Å²) in [5.74, 6) is 1.55. The van der Waals surface area contributed by atoms with Crippen LogP contribution < -0.4 is 4.74 Å². The molecule has 6 nitrogen and oxygen atoms in total. The van der Waals surface area contributed by atoms with Crippen LogP contribution in [0.1, 0.15) is 11.4 Å². The Morgan fingerprint density at radius 3 is 2.75 bits per heavy atom. The number of carbonyl (C=O) groups is 1. The first-order chi connectivity index (χ1) is 13.5. The van der Waals surface area contributed by atoms with E-state index in [0.29, 0.717) is 28.3 Å². The molecule has 3 rings (SSSR count). The van der Waals surface area contributed by atoms with Gasteiger partial charge in [0.05, 0.1) is 5.75 Å². The number of aromatic nitrogens is 3. The number of thioether (sulfide) groups is 1. The first-order valence-electron chi connectivity index (χ1n) is 8.41. The number of ether oxygens (including phenoxy) is 1. The first kappa shape index (κ1) is 20.7. The standard InChI is InChI=1S/C19H18BrClN4O2S/c1-25(10-13-4-2-3-5-16(13)20)18(26)12-28-19-22-17(23-24-19)11-27-15-8-6-14(21)7-9-15/h2-9H,10-12H2,1H3,(H,22,23,24). The lowest BCUT2D eigenvalue weighted by molar-refractivity contribution is -0.127. The van der Waals surface area contributed by atoms with Crippen LogP contribution in [-0.2, 0) is 17.9 Å². The number of amides is 1. The van der Waals surface area contributed by atoms with Crippen molar-refractivity contribution in [3.63, 3.8) is 0 Å². The van der Waals surface area contributed by atoms with Crippen molar-refractivity contribution in [1.82, 2.24) is 20.1 Å². The third-order valence-electron chi connectivity index (χ3n) is 3.82. The number of H-pyrrole nitrogens is 1. The lowest BCUT2D eigenvalue weighted by Crippen LogP contribution is -2.28. The average Bonchev–Trinajstić information content (AvgIpc) is 3.15. The number of halogens is 2. The monoisotopic (exact) mass is 480 g/mol. The van der Waals surface area contributed by atoms with Gasteiger partial charge in [-0.15, -0.1) is 5.10 Å². The lowest BCUT2D eigenvalue weighted by atomic mass is 10.2. The van der Waals surface area contributed by atoms with E-state index in [1.807, 2.05) is 24.3 Å². The van der Waals surface area contributed by atoms with Crippen molar-refractivity contribution in [2.24, 2.45) is 0 Å². The number of nitrogens with zero attached hydrogens (tertiary/aromatic N) is 3. The summed E-state index contributed by atoms with van der Waals surface area (Å²) in [4.78, 5) is 18.4. The second-order valence-electron chi connectivity index (χ2n) is 5.94. The number of rotatable bonds is 8. The SMILES string of the molecule is CN(Cc1ccccc1Br)C(=O)CSc1n[nH]c(COc2ccc(Cl)cc2)n1. The van der Waals surface area contributed by atoms with Crippen molar-refractivity contribution in [2.45, 2.75) is 18.3 Å². The van der Waals surface area contributed by atoms with Gasteiger partial charge in [0, 0.05) is 23.1 Å². The van der Waals surface area contributed by atoms with E-state index >= 15 is 0 Å². The number of benzene rings is 2. The van der Waals surface area contributed by atoms with E-state index in [-0.39, 0.29) is 18.3 Å². The molecule has 0 unspecified atom stereocenters. The van der Waals surface area contributed by atoms with Gasteiger partial charge in [-0.25, -0.2) is 4.98 Å². The number of hydrogen-bond acceptors (Lipinski definition) is 5. The summed E-state index contributed by atoms with van der Waals surface area (Å²) in [6.07, 6.45) is 0. The van der Waals surface area contributed by atoms with Crippen LogP contribution >= 0.6 is 39.3 Å². The van der Waals surface area contributed by atoms with E-state index in [4.69, 9.17) is 16.3 Å². The van der Waals surface area contributed by atoms with Gasteiger partial charge < -0.3 is 9.64 Å². The molecule has 0 aliphatic heterocycles. The molecule has 0 atom stereocenters. The molecular formula is C19H18BrClN4O2S. The molecule has 28 heavy (non-hydrogen) atoms.